The van der Waals surface area contributed by atoms with Crippen molar-refractivity contribution in [1.82, 2.24) is 10.6 Å². The lowest BCUT2D eigenvalue weighted by Gasteiger charge is -2.38. The zero-order valence-corrected chi connectivity index (χ0v) is 14.3. The number of hydrogen-bond donors (Lipinski definition) is 2. The van der Waals surface area contributed by atoms with Gasteiger partial charge in [0.15, 0.2) is 0 Å². The van der Waals surface area contributed by atoms with E-state index in [1.54, 1.807) is 12.1 Å². The van der Waals surface area contributed by atoms with Gasteiger partial charge < -0.3 is 15.0 Å². The number of nitrogens with zero attached hydrogens (tertiary/aromatic N) is 1. The van der Waals surface area contributed by atoms with E-state index in [1.165, 1.54) is 6.08 Å². The largest absolute Gasteiger partial charge is 0.457 e. The molecule has 26 heavy (non-hydrogen) atoms. The van der Waals surface area contributed by atoms with E-state index in [0.29, 0.717) is 31.7 Å². The fourth-order valence-electron chi connectivity index (χ4n) is 3.17. The summed E-state index contributed by atoms with van der Waals surface area (Å²) in [5.41, 5.74) is 0.200. The number of benzene rings is 1. The van der Waals surface area contributed by atoms with Gasteiger partial charge in [0.25, 0.3) is 5.91 Å². The number of nitrogens with one attached hydrogen (secondary N) is 2. The van der Waals surface area contributed by atoms with Crippen molar-refractivity contribution in [2.45, 2.75) is 18.4 Å². The van der Waals surface area contributed by atoms with Crippen LogP contribution in [0, 0.1) is 0 Å². The van der Waals surface area contributed by atoms with Crippen LogP contribution in [0.1, 0.15) is 12.8 Å². The van der Waals surface area contributed by atoms with Gasteiger partial charge in [-0.3, -0.25) is 10.1 Å². The van der Waals surface area contributed by atoms with Crippen molar-refractivity contribution in [3.63, 3.8) is 0 Å². The van der Waals surface area contributed by atoms with Crippen LogP contribution in [0.5, 0.6) is 5.75 Å². The molecule has 1 aromatic rings. The van der Waals surface area contributed by atoms with Crippen LogP contribution in [0.3, 0.4) is 0 Å². The van der Waals surface area contributed by atoms with E-state index in [-0.39, 0.29) is 11.7 Å². The molecule has 0 aliphatic carbocycles. The molecule has 2 N–H and O–H groups in total. The second-order valence-electron chi connectivity index (χ2n) is 6.27. The number of piperidine rings is 1. The second-order valence-corrected chi connectivity index (χ2v) is 6.27. The van der Waals surface area contributed by atoms with E-state index in [4.69, 9.17) is 4.74 Å². The highest BCUT2D eigenvalue weighted by molar-refractivity contribution is 6.07. The maximum Gasteiger partial charge on any atom is 0.322 e. The Morgan fingerprint density at radius 1 is 1.23 bits per heavy atom. The topological polar surface area (TPSA) is 70.7 Å². The van der Waals surface area contributed by atoms with Gasteiger partial charge in [-0.15, -0.1) is 0 Å². The number of allylic oxidation sites excluding steroid dienone is 3. The normalized spacial score (nSPS) is 19.1. The Bertz CT molecular complexity index is 778. The van der Waals surface area contributed by atoms with Crippen LogP contribution in [0.15, 0.2) is 61.2 Å². The number of ether oxygens (including phenoxy) is 1. The molecule has 3 amide bonds. The van der Waals surface area contributed by atoms with Crippen molar-refractivity contribution in [3.8, 4) is 5.75 Å². The van der Waals surface area contributed by atoms with Gasteiger partial charge in [-0.25, -0.2) is 9.18 Å². The molecule has 2 fully saturated rings. The first-order chi connectivity index (χ1) is 12.4. The van der Waals surface area contributed by atoms with Gasteiger partial charge in [0.2, 0.25) is 0 Å². The van der Waals surface area contributed by atoms with Gasteiger partial charge in [-0.2, -0.15) is 0 Å². The Hall–Kier alpha value is -3.09. The number of rotatable bonds is 5. The molecule has 2 aliphatic heterocycles. The minimum Gasteiger partial charge on any atom is -0.457 e. The molecule has 2 aliphatic rings. The van der Waals surface area contributed by atoms with E-state index in [2.05, 4.69) is 28.7 Å². The first-order valence-corrected chi connectivity index (χ1v) is 8.27. The third-order valence-corrected chi connectivity index (χ3v) is 4.57. The van der Waals surface area contributed by atoms with Gasteiger partial charge in [0.05, 0.1) is 0 Å². The number of urea groups is 1. The molecule has 6 nitrogen and oxygen atoms in total. The van der Waals surface area contributed by atoms with E-state index >= 15 is 0 Å². The number of hydrogen-bond acceptors (Lipinski definition) is 4. The SMILES string of the molecule is C=C/C(=C\C(=C)F)Oc1ccc(N2CCC3(CC2)NC(=O)NC3=O)cc1. The lowest BCUT2D eigenvalue weighted by molar-refractivity contribution is -0.124. The van der Waals surface area contributed by atoms with Gasteiger partial charge in [0, 0.05) is 24.9 Å². The van der Waals surface area contributed by atoms with Crippen molar-refractivity contribution in [3.05, 3.63) is 61.2 Å². The van der Waals surface area contributed by atoms with Gasteiger partial charge in [-0.05, 0) is 43.2 Å². The van der Waals surface area contributed by atoms with Crippen LogP contribution < -0.4 is 20.3 Å². The summed E-state index contributed by atoms with van der Waals surface area (Å²) >= 11 is 0. The second kappa shape index (κ2) is 7.03. The first kappa shape index (κ1) is 17.7. The quantitative estimate of drug-likeness (QED) is 0.483. The Morgan fingerprint density at radius 3 is 2.38 bits per heavy atom. The van der Waals surface area contributed by atoms with Crippen LogP contribution in [0.4, 0.5) is 14.9 Å². The fourth-order valence-corrected chi connectivity index (χ4v) is 3.17. The number of imide groups is 1. The summed E-state index contributed by atoms with van der Waals surface area (Å²) in [6.07, 6.45) is 3.66. The molecule has 0 radical (unpaired) electrons. The highest BCUT2D eigenvalue weighted by atomic mass is 19.1. The molecule has 7 heteroatoms. The van der Waals surface area contributed by atoms with Crippen LogP contribution in [-0.2, 0) is 4.79 Å². The third kappa shape index (κ3) is 3.61. The maximum atomic E-state index is 12.9. The highest BCUT2D eigenvalue weighted by Crippen LogP contribution is 2.29. The fraction of sp³-hybridized carbons (Fsp3) is 0.263. The Labute approximate surface area is 151 Å². The summed E-state index contributed by atoms with van der Waals surface area (Å²) in [7, 11) is 0. The van der Waals surface area contributed by atoms with E-state index in [0.717, 1.165) is 11.8 Å². The molecule has 1 aromatic carbocycles. The highest BCUT2D eigenvalue weighted by Gasteiger charge is 2.47. The number of amides is 3. The molecule has 136 valence electrons. The molecule has 2 heterocycles. The van der Waals surface area contributed by atoms with E-state index in [9.17, 15) is 14.0 Å². The van der Waals surface area contributed by atoms with E-state index < -0.39 is 17.4 Å². The predicted octanol–water partition coefficient (Wildman–Crippen LogP) is 2.80. The standard InChI is InChI=1S/C19H20FN3O3/c1-3-15(12-13(2)20)26-16-6-4-14(5-7-16)23-10-8-19(9-11-23)17(24)21-18(25)22-19/h3-7,12H,1-2,8-11H2,(H2,21,22,24,25)/b15-12+. The minimum atomic E-state index is -0.783. The zero-order chi connectivity index (χ0) is 18.7. The summed E-state index contributed by atoms with van der Waals surface area (Å²) in [6, 6.07) is 6.92. The lowest BCUT2D eigenvalue weighted by Crippen LogP contribution is -2.54. The summed E-state index contributed by atoms with van der Waals surface area (Å²) in [5, 5.41) is 5.05. The lowest BCUT2D eigenvalue weighted by atomic mass is 9.87. The maximum absolute atomic E-state index is 12.9. The zero-order valence-electron chi connectivity index (χ0n) is 14.3. The van der Waals surface area contributed by atoms with Crippen LogP contribution in [0.2, 0.25) is 0 Å². The molecule has 1 spiro atoms. The van der Waals surface area contributed by atoms with Crippen molar-refractivity contribution < 1.29 is 18.7 Å². The average molecular weight is 357 g/mol. The number of anilines is 1. The summed E-state index contributed by atoms with van der Waals surface area (Å²) in [5.74, 6) is -0.0314. The van der Waals surface area contributed by atoms with Gasteiger partial charge in [0.1, 0.15) is 22.9 Å². The van der Waals surface area contributed by atoms with Gasteiger partial charge >= 0.3 is 6.03 Å². The first-order valence-electron chi connectivity index (χ1n) is 8.27. The monoisotopic (exact) mass is 357 g/mol. The average Bonchev–Trinajstić information content (AvgIpc) is 2.88. The number of carbonyl (C=O) groups is 2. The van der Waals surface area contributed by atoms with Crippen molar-refractivity contribution >= 4 is 17.6 Å². The Balaban J connectivity index is 1.63. The third-order valence-electron chi connectivity index (χ3n) is 4.57. The molecule has 3 rings (SSSR count). The van der Waals surface area contributed by atoms with Crippen molar-refractivity contribution in [1.29, 1.82) is 0 Å². The Kier molecular flexibility index (Phi) is 4.79. The van der Waals surface area contributed by atoms with Crippen LogP contribution in [0.25, 0.3) is 0 Å². The molecule has 0 bridgehead atoms. The van der Waals surface area contributed by atoms with Crippen LogP contribution >= 0.6 is 0 Å². The molecule has 0 unspecified atom stereocenters. The van der Waals surface area contributed by atoms with Crippen molar-refractivity contribution in [2.75, 3.05) is 18.0 Å². The van der Waals surface area contributed by atoms with Crippen molar-refractivity contribution in [2.24, 2.45) is 0 Å². The summed E-state index contributed by atoms with van der Waals surface area (Å²) in [4.78, 5) is 25.5. The predicted molar refractivity (Wildman–Crippen MR) is 96.5 cm³/mol. The molecule has 2 saturated heterocycles. The van der Waals surface area contributed by atoms with Crippen LogP contribution in [-0.4, -0.2) is 30.6 Å². The number of carbonyl (C=O) groups excluding carboxylic acids is 2. The Morgan fingerprint density at radius 2 is 1.88 bits per heavy atom. The number of halogens is 1. The van der Waals surface area contributed by atoms with E-state index in [1.807, 2.05) is 12.1 Å². The smallest absolute Gasteiger partial charge is 0.322 e. The molecule has 0 atom stereocenters. The minimum absolute atomic E-state index is 0.246. The molecular formula is C19H20FN3O3. The molecular weight excluding hydrogens is 337 g/mol. The van der Waals surface area contributed by atoms with Gasteiger partial charge in [-0.1, -0.05) is 13.2 Å². The summed E-state index contributed by atoms with van der Waals surface area (Å²) in [6.45, 7) is 8.04. The summed E-state index contributed by atoms with van der Waals surface area (Å²) < 4.78 is 18.4. The molecule has 0 aromatic heterocycles. The molecule has 0 saturated carbocycles.